The minimum absolute atomic E-state index is 0.317. The summed E-state index contributed by atoms with van der Waals surface area (Å²) in [5.74, 6) is -0.266. The van der Waals surface area contributed by atoms with E-state index in [1.54, 1.807) is 6.08 Å². The third-order valence-corrected chi connectivity index (χ3v) is 5.23. The van der Waals surface area contributed by atoms with Crippen molar-refractivity contribution in [2.75, 3.05) is 5.73 Å². The van der Waals surface area contributed by atoms with Crippen LogP contribution < -0.4 is 5.73 Å². The summed E-state index contributed by atoms with van der Waals surface area (Å²) in [5.41, 5.74) is 5.28. The first-order valence-corrected chi connectivity index (χ1v) is 7.97. The Labute approximate surface area is 140 Å². The Kier molecular flexibility index (Phi) is 2.96. The molecule has 2 aromatic rings. The highest BCUT2D eigenvalue weighted by molar-refractivity contribution is 5.86. The van der Waals surface area contributed by atoms with Gasteiger partial charge in [-0.1, -0.05) is 6.08 Å². The zero-order valence-corrected chi connectivity index (χ0v) is 14.3. The molecule has 0 unspecified atom stereocenters. The minimum atomic E-state index is -0.706. The predicted octanol–water partition coefficient (Wildman–Crippen LogP) is 2.40. The highest BCUT2D eigenvalue weighted by atomic mass is 16.8. The van der Waals surface area contributed by atoms with E-state index in [-0.39, 0.29) is 6.10 Å². The van der Waals surface area contributed by atoms with Crippen molar-refractivity contribution < 1.29 is 14.2 Å². The van der Waals surface area contributed by atoms with E-state index in [2.05, 4.69) is 16.5 Å². The third kappa shape index (κ3) is 1.83. The molecule has 0 amide bonds. The predicted molar refractivity (Wildman–Crippen MR) is 89.1 cm³/mol. The average molecular weight is 330 g/mol. The Hall–Kier alpha value is -1.96. The fourth-order valence-corrected chi connectivity index (χ4v) is 3.80. The maximum Gasteiger partial charge on any atom is 0.165 e. The van der Waals surface area contributed by atoms with Crippen LogP contribution >= 0.6 is 0 Å². The second-order valence-corrected chi connectivity index (χ2v) is 7.19. The number of hydrogen-bond donors (Lipinski definition) is 1. The number of nitrogens with two attached hydrogens (primary N) is 1. The normalized spacial score (nSPS) is 37.7. The molecule has 2 saturated heterocycles. The lowest BCUT2D eigenvalue weighted by atomic mass is 9.83. The lowest BCUT2D eigenvalue weighted by Gasteiger charge is -2.35. The van der Waals surface area contributed by atoms with Crippen molar-refractivity contribution in [2.24, 2.45) is 0 Å². The zero-order valence-electron chi connectivity index (χ0n) is 14.3. The molecule has 0 spiro atoms. The molecule has 4 rings (SSSR count). The summed E-state index contributed by atoms with van der Waals surface area (Å²) < 4.78 is 20.7. The summed E-state index contributed by atoms with van der Waals surface area (Å²) in [6.07, 6.45) is 4.39. The van der Waals surface area contributed by atoms with E-state index in [1.165, 1.54) is 6.33 Å². The van der Waals surface area contributed by atoms with Gasteiger partial charge in [-0.3, -0.25) is 0 Å². The van der Waals surface area contributed by atoms with Gasteiger partial charge >= 0.3 is 0 Å². The first-order chi connectivity index (χ1) is 11.2. The number of nitrogens with zero attached hydrogens (tertiary/aromatic N) is 3. The number of anilines is 1. The summed E-state index contributed by atoms with van der Waals surface area (Å²) >= 11 is 0. The highest BCUT2D eigenvalue weighted by Gasteiger charge is 2.68. The molecular weight excluding hydrogens is 308 g/mol. The zero-order chi connectivity index (χ0) is 17.3. The molecule has 0 bridgehead atoms. The van der Waals surface area contributed by atoms with Crippen molar-refractivity contribution in [1.82, 2.24) is 14.5 Å². The average Bonchev–Trinajstić information content (AvgIpc) is 3.10. The van der Waals surface area contributed by atoms with E-state index >= 15 is 0 Å². The van der Waals surface area contributed by atoms with Crippen LogP contribution in [0, 0.1) is 0 Å². The number of nitrogen functional groups attached to an aromatic ring is 1. The van der Waals surface area contributed by atoms with Crippen molar-refractivity contribution in [1.29, 1.82) is 0 Å². The topological polar surface area (TPSA) is 84.4 Å². The molecular formula is C17H22N4O3. The van der Waals surface area contributed by atoms with Crippen LogP contribution in [0.4, 0.5) is 5.82 Å². The van der Waals surface area contributed by atoms with Gasteiger partial charge < -0.3 is 24.5 Å². The molecule has 4 atom stereocenters. The number of hydrogen-bond acceptors (Lipinski definition) is 6. The smallest absolute Gasteiger partial charge is 0.165 e. The molecule has 0 aromatic carbocycles. The van der Waals surface area contributed by atoms with Crippen LogP contribution in [0.3, 0.4) is 0 Å². The van der Waals surface area contributed by atoms with Gasteiger partial charge in [0, 0.05) is 6.20 Å². The fourth-order valence-electron chi connectivity index (χ4n) is 3.80. The first-order valence-electron chi connectivity index (χ1n) is 7.97. The number of aromatic nitrogens is 3. The molecule has 0 saturated carbocycles. The maximum atomic E-state index is 6.35. The highest BCUT2D eigenvalue weighted by Crippen LogP contribution is 2.55. The molecule has 7 heteroatoms. The summed E-state index contributed by atoms with van der Waals surface area (Å²) in [6.45, 7) is 11.7. The van der Waals surface area contributed by atoms with Crippen LogP contribution in [-0.2, 0) is 14.2 Å². The Bertz CT molecular complexity index is 832. The van der Waals surface area contributed by atoms with Crippen molar-refractivity contribution in [3.63, 3.8) is 0 Å². The standard InChI is InChI=1S/C17H22N4O3/c1-6-16(4)17(5)11(22-15(2,3)24-17)14(23-16)21-8-7-10-12(18)19-9-20-13(10)21/h6-9,11,14H,1H2,2-5H3,(H2,18,19,20)/t11-,14+,16-,17-/m0/s1. The summed E-state index contributed by atoms with van der Waals surface area (Å²) in [5, 5.41) is 0.785. The van der Waals surface area contributed by atoms with Crippen molar-refractivity contribution in [3.8, 4) is 0 Å². The van der Waals surface area contributed by atoms with Gasteiger partial charge in [-0.05, 0) is 33.8 Å². The maximum absolute atomic E-state index is 6.35. The molecule has 2 N–H and O–H groups in total. The summed E-state index contributed by atoms with van der Waals surface area (Å²) in [7, 11) is 0. The Morgan fingerprint density at radius 2 is 2.00 bits per heavy atom. The van der Waals surface area contributed by atoms with E-state index < -0.39 is 23.2 Å². The third-order valence-electron chi connectivity index (χ3n) is 5.23. The van der Waals surface area contributed by atoms with E-state index in [0.717, 1.165) is 5.39 Å². The SMILES string of the molecule is C=C[C@]1(C)O[C@@H](n2ccc3c(N)ncnc32)[C@@H]2OC(C)(C)O[C@@]21C. The molecule has 24 heavy (non-hydrogen) atoms. The van der Waals surface area contributed by atoms with Gasteiger partial charge in [-0.2, -0.15) is 0 Å². The molecule has 2 aliphatic heterocycles. The molecule has 4 heterocycles. The Morgan fingerprint density at radius 3 is 2.71 bits per heavy atom. The first kappa shape index (κ1) is 15.6. The molecule has 0 aliphatic carbocycles. The second kappa shape index (κ2) is 4.56. The van der Waals surface area contributed by atoms with Crippen LogP contribution in [0.2, 0.25) is 0 Å². The minimum Gasteiger partial charge on any atom is -0.383 e. The quantitative estimate of drug-likeness (QED) is 0.851. The fraction of sp³-hybridized carbons (Fsp3) is 0.529. The van der Waals surface area contributed by atoms with E-state index in [4.69, 9.17) is 19.9 Å². The van der Waals surface area contributed by atoms with Gasteiger partial charge in [-0.15, -0.1) is 6.58 Å². The van der Waals surface area contributed by atoms with Crippen molar-refractivity contribution in [2.45, 2.75) is 57.0 Å². The number of fused-ring (bicyclic) bond motifs is 2. The second-order valence-electron chi connectivity index (χ2n) is 7.19. The molecule has 0 radical (unpaired) electrons. The van der Waals surface area contributed by atoms with Gasteiger partial charge in [0.25, 0.3) is 0 Å². The number of rotatable bonds is 2. The van der Waals surface area contributed by atoms with Crippen LogP contribution in [0.15, 0.2) is 31.2 Å². The van der Waals surface area contributed by atoms with Gasteiger partial charge in [0.05, 0.1) is 5.39 Å². The van der Waals surface area contributed by atoms with Crippen molar-refractivity contribution >= 4 is 16.9 Å². The molecule has 7 nitrogen and oxygen atoms in total. The Morgan fingerprint density at radius 1 is 1.25 bits per heavy atom. The van der Waals surface area contributed by atoms with Crippen LogP contribution in [-0.4, -0.2) is 37.6 Å². The van der Waals surface area contributed by atoms with Crippen LogP contribution in [0.25, 0.3) is 11.0 Å². The summed E-state index contributed by atoms with van der Waals surface area (Å²) in [6, 6.07) is 1.88. The van der Waals surface area contributed by atoms with Gasteiger partial charge in [0.15, 0.2) is 12.0 Å². The lowest BCUT2D eigenvalue weighted by molar-refractivity contribution is -0.223. The van der Waals surface area contributed by atoms with Crippen LogP contribution in [0.5, 0.6) is 0 Å². The number of ether oxygens (including phenoxy) is 3. The van der Waals surface area contributed by atoms with Crippen molar-refractivity contribution in [3.05, 3.63) is 31.2 Å². The van der Waals surface area contributed by atoms with Crippen LogP contribution in [0.1, 0.15) is 33.9 Å². The summed E-state index contributed by atoms with van der Waals surface area (Å²) in [4.78, 5) is 8.40. The van der Waals surface area contributed by atoms with E-state index in [9.17, 15) is 0 Å². The monoisotopic (exact) mass is 330 g/mol. The van der Waals surface area contributed by atoms with Gasteiger partial charge in [0.1, 0.15) is 35.1 Å². The van der Waals surface area contributed by atoms with E-state index in [0.29, 0.717) is 11.5 Å². The lowest BCUT2D eigenvalue weighted by Crippen LogP contribution is -2.50. The molecule has 2 aliphatic rings. The molecule has 128 valence electrons. The van der Waals surface area contributed by atoms with E-state index in [1.807, 2.05) is 44.5 Å². The molecule has 2 fully saturated rings. The van der Waals surface area contributed by atoms with Gasteiger partial charge in [-0.25, -0.2) is 9.97 Å². The Balaban J connectivity index is 1.87. The largest absolute Gasteiger partial charge is 0.383 e. The van der Waals surface area contributed by atoms with Gasteiger partial charge in [0.2, 0.25) is 0 Å². The molecule has 2 aromatic heterocycles.